The third kappa shape index (κ3) is 3.46. The lowest BCUT2D eigenvalue weighted by atomic mass is 9.82. The summed E-state index contributed by atoms with van der Waals surface area (Å²) in [7, 11) is 0. The van der Waals surface area contributed by atoms with Crippen LogP contribution in [0.1, 0.15) is 58.3 Å². The van der Waals surface area contributed by atoms with E-state index in [1.54, 1.807) is 0 Å². The van der Waals surface area contributed by atoms with Crippen LogP contribution in [-0.2, 0) is 0 Å². The first-order valence-electron chi connectivity index (χ1n) is 7.83. The highest BCUT2D eigenvalue weighted by Gasteiger charge is 2.35. The highest BCUT2D eigenvalue weighted by molar-refractivity contribution is 4.90. The zero-order valence-electron chi connectivity index (χ0n) is 11.9. The van der Waals surface area contributed by atoms with E-state index in [1.165, 1.54) is 38.5 Å². The Labute approximate surface area is 112 Å². The molecule has 1 saturated carbocycles. The summed E-state index contributed by atoms with van der Waals surface area (Å²) in [4.78, 5) is 2.47. The maximum atomic E-state index is 10.7. The molecule has 3 heteroatoms. The van der Waals surface area contributed by atoms with E-state index in [9.17, 15) is 5.11 Å². The number of β-amino-alcohol motifs (C(OH)–C–C–N with tert-alkyl or cyclic N) is 1. The van der Waals surface area contributed by atoms with Gasteiger partial charge in [0.2, 0.25) is 0 Å². The summed E-state index contributed by atoms with van der Waals surface area (Å²) in [5, 5.41) is 10.7. The van der Waals surface area contributed by atoms with E-state index in [2.05, 4.69) is 11.8 Å². The molecule has 2 atom stereocenters. The van der Waals surface area contributed by atoms with Crippen molar-refractivity contribution in [2.45, 2.75) is 69.9 Å². The molecule has 2 unspecified atom stereocenters. The largest absolute Gasteiger partial charge is 0.389 e. The van der Waals surface area contributed by atoms with Crippen molar-refractivity contribution < 1.29 is 5.11 Å². The van der Waals surface area contributed by atoms with Crippen LogP contribution in [0, 0.1) is 5.92 Å². The van der Waals surface area contributed by atoms with Crippen molar-refractivity contribution >= 4 is 0 Å². The molecule has 18 heavy (non-hydrogen) atoms. The van der Waals surface area contributed by atoms with Crippen LogP contribution in [0.25, 0.3) is 0 Å². The summed E-state index contributed by atoms with van der Waals surface area (Å²) < 4.78 is 0. The second kappa shape index (κ2) is 6.36. The van der Waals surface area contributed by atoms with Crippen molar-refractivity contribution in [3.05, 3.63) is 0 Å². The minimum Gasteiger partial charge on any atom is -0.389 e. The predicted octanol–water partition coefficient (Wildman–Crippen LogP) is 2.13. The molecule has 106 valence electrons. The van der Waals surface area contributed by atoms with Gasteiger partial charge in [-0.05, 0) is 38.1 Å². The third-order valence-electron chi connectivity index (χ3n) is 5.08. The quantitative estimate of drug-likeness (QED) is 0.808. The second-order valence-electron chi connectivity index (χ2n) is 6.44. The second-order valence-corrected chi connectivity index (χ2v) is 6.44. The molecule has 2 aliphatic rings. The van der Waals surface area contributed by atoms with Gasteiger partial charge in [0.15, 0.2) is 0 Å². The molecule has 1 saturated heterocycles. The molecule has 0 bridgehead atoms. The van der Waals surface area contributed by atoms with Gasteiger partial charge in [0, 0.05) is 19.1 Å². The summed E-state index contributed by atoms with van der Waals surface area (Å²) in [6, 6.07) is 0.495. The fourth-order valence-corrected chi connectivity index (χ4v) is 3.75. The standard InChI is InChI=1S/C15H30N2O/c1-2-13-6-9-17(14(10-13)11-16)12-15(18)7-4-3-5-8-15/h13-14,18H,2-12,16H2,1H3. The highest BCUT2D eigenvalue weighted by atomic mass is 16.3. The summed E-state index contributed by atoms with van der Waals surface area (Å²) in [6.07, 6.45) is 9.42. The first-order valence-corrected chi connectivity index (χ1v) is 7.83. The molecule has 0 amide bonds. The van der Waals surface area contributed by atoms with Crippen LogP contribution in [0.5, 0.6) is 0 Å². The first kappa shape index (κ1) is 14.3. The molecule has 1 aliphatic carbocycles. The van der Waals surface area contributed by atoms with Crippen LogP contribution in [-0.4, -0.2) is 41.3 Å². The third-order valence-corrected chi connectivity index (χ3v) is 5.08. The number of hydrogen-bond acceptors (Lipinski definition) is 3. The topological polar surface area (TPSA) is 49.5 Å². The van der Waals surface area contributed by atoms with Crippen molar-refractivity contribution in [1.29, 1.82) is 0 Å². The summed E-state index contributed by atoms with van der Waals surface area (Å²) in [5.74, 6) is 0.843. The van der Waals surface area contributed by atoms with E-state index in [0.29, 0.717) is 6.04 Å². The van der Waals surface area contributed by atoms with E-state index in [4.69, 9.17) is 5.73 Å². The summed E-state index contributed by atoms with van der Waals surface area (Å²) >= 11 is 0. The van der Waals surface area contributed by atoms with E-state index in [0.717, 1.165) is 38.4 Å². The summed E-state index contributed by atoms with van der Waals surface area (Å²) in [6.45, 7) is 5.00. The molecule has 3 nitrogen and oxygen atoms in total. The summed E-state index contributed by atoms with van der Waals surface area (Å²) in [5.41, 5.74) is 5.51. The van der Waals surface area contributed by atoms with Crippen LogP contribution < -0.4 is 5.73 Å². The van der Waals surface area contributed by atoms with Gasteiger partial charge in [-0.3, -0.25) is 4.90 Å². The molecule has 2 rings (SSSR count). The minimum absolute atomic E-state index is 0.426. The monoisotopic (exact) mass is 254 g/mol. The Morgan fingerprint density at radius 1 is 1.28 bits per heavy atom. The van der Waals surface area contributed by atoms with Crippen molar-refractivity contribution in [2.24, 2.45) is 11.7 Å². The molecule has 3 N–H and O–H groups in total. The first-order chi connectivity index (χ1) is 8.67. The fraction of sp³-hybridized carbons (Fsp3) is 1.00. The normalized spacial score (nSPS) is 33.5. The molecule has 0 radical (unpaired) electrons. The molecule has 0 aromatic rings. The molecular weight excluding hydrogens is 224 g/mol. The van der Waals surface area contributed by atoms with Gasteiger partial charge in [-0.25, -0.2) is 0 Å². The Morgan fingerprint density at radius 3 is 2.61 bits per heavy atom. The van der Waals surface area contributed by atoms with E-state index in [1.807, 2.05) is 0 Å². The molecule has 2 fully saturated rings. The smallest absolute Gasteiger partial charge is 0.0774 e. The Bertz CT molecular complexity index is 251. The lowest BCUT2D eigenvalue weighted by Gasteiger charge is -2.44. The van der Waals surface area contributed by atoms with Gasteiger partial charge in [-0.2, -0.15) is 0 Å². The van der Waals surface area contributed by atoms with Gasteiger partial charge < -0.3 is 10.8 Å². The number of nitrogens with two attached hydrogens (primary N) is 1. The average Bonchev–Trinajstić information content (AvgIpc) is 2.39. The lowest BCUT2D eigenvalue weighted by Crippen LogP contribution is -2.53. The van der Waals surface area contributed by atoms with Crippen molar-refractivity contribution in [3.8, 4) is 0 Å². The lowest BCUT2D eigenvalue weighted by molar-refractivity contribution is -0.0456. The van der Waals surface area contributed by atoms with Crippen LogP contribution in [0.3, 0.4) is 0 Å². The van der Waals surface area contributed by atoms with E-state index < -0.39 is 5.60 Å². The van der Waals surface area contributed by atoms with Gasteiger partial charge >= 0.3 is 0 Å². The van der Waals surface area contributed by atoms with Crippen LogP contribution in [0.4, 0.5) is 0 Å². The average molecular weight is 254 g/mol. The number of piperidine rings is 1. The molecule has 0 aromatic carbocycles. The maximum Gasteiger partial charge on any atom is 0.0774 e. The van der Waals surface area contributed by atoms with Crippen LogP contribution in [0.15, 0.2) is 0 Å². The van der Waals surface area contributed by atoms with Crippen LogP contribution in [0.2, 0.25) is 0 Å². The Hall–Kier alpha value is -0.120. The van der Waals surface area contributed by atoms with Crippen LogP contribution >= 0.6 is 0 Å². The SMILES string of the molecule is CCC1CCN(CC2(O)CCCCC2)C(CN)C1. The maximum absolute atomic E-state index is 10.7. The molecule has 0 aromatic heterocycles. The molecule has 1 heterocycles. The van der Waals surface area contributed by atoms with Crippen molar-refractivity contribution in [1.82, 2.24) is 4.90 Å². The molecular formula is C15H30N2O. The number of nitrogens with zero attached hydrogens (tertiary/aromatic N) is 1. The highest BCUT2D eigenvalue weighted by Crippen LogP contribution is 2.32. The van der Waals surface area contributed by atoms with Gasteiger partial charge in [-0.15, -0.1) is 0 Å². The zero-order valence-corrected chi connectivity index (χ0v) is 11.9. The van der Waals surface area contributed by atoms with Crippen molar-refractivity contribution in [2.75, 3.05) is 19.6 Å². The number of aliphatic hydroxyl groups is 1. The Morgan fingerprint density at radius 2 is 2.00 bits per heavy atom. The predicted molar refractivity (Wildman–Crippen MR) is 75.5 cm³/mol. The van der Waals surface area contributed by atoms with Gasteiger partial charge in [0.1, 0.15) is 0 Å². The van der Waals surface area contributed by atoms with Gasteiger partial charge in [0.25, 0.3) is 0 Å². The minimum atomic E-state index is -0.426. The Balaban J connectivity index is 1.91. The van der Waals surface area contributed by atoms with E-state index >= 15 is 0 Å². The van der Waals surface area contributed by atoms with Gasteiger partial charge in [-0.1, -0.05) is 32.6 Å². The zero-order chi connectivity index (χ0) is 13.0. The van der Waals surface area contributed by atoms with Crippen molar-refractivity contribution in [3.63, 3.8) is 0 Å². The molecule has 1 aliphatic heterocycles. The van der Waals surface area contributed by atoms with Gasteiger partial charge in [0.05, 0.1) is 5.60 Å². The fourth-order valence-electron chi connectivity index (χ4n) is 3.75. The Kier molecular flexibility index (Phi) is 5.05. The van der Waals surface area contributed by atoms with E-state index in [-0.39, 0.29) is 0 Å². The number of hydrogen-bond donors (Lipinski definition) is 2. The number of likely N-dealkylation sites (tertiary alicyclic amines) is 1. The number of rotatable bonds is 4. The molecule has 0 spiro atoms.